The molecule has 3 aromatic carbocycles. The van der Waals surface area contributed by atoms with Gasteiger partial charge in [0.1, 0.15) is 24.0 Å². The number of aryl methyl sites for hydroxylation is 2. The summed E-state index contributed by atoms with van der Waals surface area (Å²) >= 11 is 5.93. The smallest absolute Gasteiger partial charge is 0.262 e. The number of nitrogens with zero attached hydrogens (tertiary/aromatic N) is 1. The predicted octanol–water partition coefficient (Wildman–Crippen LogP) is 5.76. The highest BCUT2D eigenvalue weighted by Gasteiger charge is 2.11. The van der Waals surface area contributed by atoms with E-state index in [1.165, 1.54) is 0 Å². The number of nitriles is 1. The van der Waals surface area contributed by atoms with Gasteiger partial charge in [-0.1, -0.05) is 54.1 Å². The Kier molecular flexibility index (Phi) is 7.48. The van der Waals surface area contributed by atoms with Crippen LogP contribution in [0, 0.1) is 25.2 Å². The van der Waals surface area contributed by atoms with Gasteiger partial charge in [-0.05, 0) is 72.0 Å². The summed E-state index contributed by atoms with van der Waals surface area (Å²) in [7, 11) is 0. The number of ether oxygens (including phenoxy) is 1. The van der Waals surface area contributed by atoms with E-state index in [0.29, 0.717) is 18.2 Å². The second kappa shape index (κ2) is 10.5. The summed E-state index contributed by atoms with van der Waals surface area (Å²) < 4.78 is 6.01. The SMILES string of the molecule is Cc1cc(/C=C(\C#N)C(=O)NCc2ccccc2)cc(C)c1OCc1ccc(Cl)cc1. The summed E-state index contributed by atoms with van der Waals surface area (Å²) in [4.78, 5) is 12.4. The minimum absolute atomic E-state index is 0.0598. The summed E-state index contributed by atoms with van der Waals surface area (Å²) in [6, 6.07) is 22.9. The first kappa shape index (κ1) is 22.1. The summed E-state index contributed by atoms with van der Waals surface area (Å²) in [5.74, 6) is 0.392. The minimum atomic E-state index is -0.398. The normalized spacial score (nSPS) is 11.0. The van der Waals surface area contributed by atoms with Crippen LogP contribution in [0.4, 0.5) is 0 Å². The summed E-state index contributed by atoms with van der Waals surface area (Å²) in [6.07, 6.45) is 1.60. The monoisotopic (exact) mass is 430 g/mol. The molecular weight excluding hydrogens is 408 g/mol. The lowest BCUT2D eigenvalue weighted by Crippen LogP contribution is -2.23. The predicted molar refractivity (Wildman–Crippen MR) is 124 cm³/mol. The van der Waals surface area contributed by atoms with Gasteiger partial charge in [0.25, 0.3) is 5.91 Å². The maximum atomic E-state index is 12.4. The van der Waals surface area contributed by atoms with Crippen molar-refractivity contribution in [3.05, 3.63) is 105 Å². The van der Waals surface area contributed by atoms with Crippen LogP contribution in [-0.4, -0.2) is 5.91 Å². The molecule has 0 aliphatic rings. The van der Waals surface area contributed by atoms with Crippen LogP contribution in [0.2, 0.25) is 5.02 Å². The number of benzene rings is 3. The highest BCUT2D eigenvalue weighted by molar-refractivity contribution is 6.30. The Morgan fingerprint density at radius 3 is 2.29 bits per heavy atom. The van der Waals surface area contributed by atoms with Crippen LogP contribution in [0.3, 0.4) is 0 Å². The number of nitrogens with one attached hydrogen (secondary N) is 1. The molecule has 0 unspecified atom stereocenters. The molecule has 31 heavy (non-hydrogen) atoms. The molecule has 4 nitrogen and oxygen atoms in total. The van der Waals surface area contributed by atoms with E-state index in [-0.39, 0.29) is 5.57 Å². The van der Waals surface area contributed by atoms with E-state index in [4.69, 9.17) is 16.3 Å². The van der Waals surface area contributed by atoms with E-state index in [1.807, 2.05) is 86.6 Å². The van der Waals surface area contributed by atoms with Crippen LogP contribution in [-0.2, 0) is 17.9 Å². The Bertz CT molecular complexity index is 1110. The van der Waals surface area contributed by atoms with Crippen molar-refractivity contribution in [3.8, 4) is 11.8 Å². The number of hydrogen-bond acceptors (Lipinski definition) is 3. The van der Waals surface area contributed by atoms with Crippen molar-refractivity contribution >= 4 is 23.6 Å². The van der Waals surface area contributed by atoms with Crippen molar-refractivity contribution in [3.63, 3.8) is 0 Å². The molecule has 156 valence electrons. The molecule has 0 aromatic heterocycles. The van der Waals surface area contributed by atoms with Gasteiger partial charge in [0, 0.05) is 11.6 Å². The maximum absolute atomic E-state index is 12.4. The third kappa shape index (κ3) is 6.21. The van der Waals surface area contributed by atoms with Crippen molar-refractivity contribution < 1.29 is 9.53 Å². The molecule has 1 N–H and O–H groups in total. The standard InChI is InChI=1S/C26H23ClN2O2/c1-18-12-22(13-19(2)25(18)31-17-21-8-10-24(27)11-9-21)14-23(15-28)26(30)29-16-20-6-4-3-5-7-20/h3-14H,16-17H2,1-2H3,(H,29,30)/b23-14+. The Balaban J connectivity index is 1.71. The van der Waals surface area contributed by atoms with Crippen molar-refractivity contribution in [2.45, 2.75) is 27.0 Å². The largest absolute Gasteiger partial charge is 0.488 e. The molecule has 0 heterocycles. The third-order valence-corrected chi connectivity index (χ3v) is 5.00. The fourth-order valence-electron chi connectivity index (χ4n) is 3.22. The van der Waals surface area contributed by atoms with E-state index in [0.717, 1.165) is 33.6 Å². The van der Waals surface area contributed by atoms with Crippen LogP contribution in [0.25, 0.3) is 6.08 Å². The van der Waals surface area contributed by atoms with Crippen molar-refractivity contribution in [1.29, 1.82) is 5.26 Å². The van der Waals surface area contributed by atoms with Crippen molar-refractivity contribution in [1.82, 2.24) is 5.32 Å². The maximum Gasteiger partial charge on any atom is 0.262 e. The molecule has 5 heteroatoms. The Labute approximate surface area is 187 Å². The zero-order valence-electron chi connectivity index (χ0n) is 17.5. The molecule has 0 fully saturated rings. The first-order chi connectivity index (χ1) is 15.0. The van der Waals surface area contributed by atoms with Crippen LogP contribution in [0.1, 0.15) is 27.8 Å². The Morgan fingerprint density at radius 1 is 1.03 bits per heavy atom. The topological polar surface area (TPSA) is 62.1 Å². The van der Waals surface area contributed by atoms with Gasteiger partial charge in [-0.15, -0.1) is 0 Å². The highest BCUT2D eigenvalue weighted by atomic mass is 35.5. The molecule has 0 bridgehead atoms. The van der Waals surface area contributed by atoms with Crippen LogP contribution in [0.5, 0.6) is 5.75 Å². The van der Waals surface area contributed by atoms with Crippen LogP contribution < -0.4 is 10.1 Å². The lowest BCUT2D eigenvalue weighted by atomic mass is 10.0. The molecule has 0 saturated heterocycles. The van der Waals surface area contributed by atoms with Gasteiger partial charge in [0.2, 0.25) is 0 Å². The zero-order chi connectivity index (χ0) is 22.2. The summed E-state index contributed by atoms with van der Waals surface area (Å²) in [5, 5.41) is 12.9. The number of halogens is 1. The van der Waals surface area contributed by atoms with Gasteiger partial charge in [0.05, 0.1) is 0 Å². The van der Waals surface area contributed by atoms with E-state index in [2.05, 4.69) is 5.32 Å². The third-order valence-electron chi connectivity index (χ3n) is 4.75. The lowest BCUT2D eigenvalue weighted by Gasteiger charge is -2.13. The van der Waals surface area contributed by atoms with E-state index in [1.54, 1.807) is 6.08 Å². The molecule has 3 aromatic rings. The number of rotatable bonds is 7. The average molecular weight is 431 g/mol. The van der Waals surface area contributed by atoms with Gasteiger partial charge in [-0.25, -0.2) is 0 Å². The molecule has 3 rings (SSSR count). The highest BCUT2D eigenvalue weighted by Crippen LogP contribution is 2.27. The molecule has 0 spiro atoms. The van der Waals surface area contributed by atoms with Crippen LogP contribution in [0.15, 0.2) is 72.3 Å². The second-order valence-electron chi connectivity index (χ2n) is 7.24. The quantitative estimate of drug-likeness (QED) is 0.383. The van der Waals surface area contributed by atoms with Gasteiger partial charge in [0.15, 0.2) is 0 Å². The van der Waals surface area contributed by atoms with E-state index < -0.39 is 5.91 Å². The molecule has 1 amide bonds. The zero-order valence-corrected chi connectivity index (χ0v) is 18.2. The van der Waals surface area contributed by atoms with Gasteiger partial charge in [-0.3, -0.25) is 4.79 Å². The van der Waals surface area contributed by atoms with Crippen LogP contribution >= 0.6 is 11.6 Å². The number of amides is 1. The number of hydrogen-bond donors (Lipinski definition) is 1. The molecular formula is C26H23ClN2O2. The Morgan fingerprint density at radius 2 is 1.68 bits per heavy atom. The second-order valence-corrected chi connectivity index (χ2v) is 7.67. The average Bonchev–Trinajstić information content (AvgIpc) is 2.77. The lowest BCUT2D eigenvalue weighted by molar-refractivity contribution is -0.117. The minimum Gasteiger partial charge on any atom is -0.488 e. The number of carbonyl (C=O) groups is 1. The van der Waals surface area contributed by atoms with Crippen molar-refractivity contribution in [2.24, 2.45) is 0 Å². The molecule has 0 aliphatic heterocycles. The Hall–Kier alpha value is -3.55. The van der Waals surface area contributed by atoms with Gasteiger partial charge >= 0.3 is 0 Å². The first-order valence-corrected chi connectivity index (χ1v) is 10.3. The van der Waals surface area contributed by atoms with E-state index in [9.17, 15) is 10.1 Å². The fourth-order valence-corrected chi connectivity index (χ4v) is 3.35. The molecule has 0 aliphatic carbocycles. The summed E-state index contributed by atoms with van der Waals surface area (Å²) in [5.41, 5.74) is 4.70. The van der Waals surface area contributed by atoms with Crippen molar-refractivity contribution in [2.75, 3.05) is 0 Å². The van der Waals surface area contributed by atoms with Gasteiger partial charge in [-0.2, -0.15) is 5.26 Å². The van der Waals surface area contributed by atoms with E-state index >= 15 is 0 Å². The molecule has 0 radical (unpaired) electrons. The first-order valence-electron chi connectivity index (χ1n) is 9.88. The van der Waals surface area contributed by atoms with Gasteiger partial charge < -0.3 is 10.1 Å². The fraction of sp³-hybridized carbons (Fsp3) is 0.154. The summed E-state index contributed by atoms with van der Waals surface area (Å²) in [6.45, 7) is 4.69. The molecule has 0 saturated carbocycles. The number of carbonyl (C=O) groups excluding carboxylic acids is 1. The molecule has 0 atom stereocenters.